The third-order valence-electron chi connectivity index (χ3n) is 9.86. The summed E-state index contributed by atoms with van der Waals surface area (Å²) in [5, 5.41) is 9.98. The van der Waals surface area contributed by atoms with Gasteiger partial charge >= 0.3 is 0 Å². The van der Waals surface area contributed by atoms with E-state index >= 15 is 0 Å². The largest absolute Gasteiger partial charge is 0.499 e. The Hall–Kier alpha value is -4.41. The van der Waals surface area contributed by atoms with Crippen molar-refractivity contribution in [1.82, 2.24) is 29.7 Å². The number of para-hydroxylation sites is 1. The fraction of sp³-hybridized carbons (Fsp3) is 0.361. The van der Waals surface area contributed by atoms with Crippen LogP contribution < -0.4 is 10.6 Å². The van der Waals surface area contributed by atoms with E-state index in [1.807, 2.05) is 6.20 Å². The highest BCUT2D eigenvalue weighted by molar-refractivity contribution is 7.13. The van der Waals surface area contributed by atoms with E-state index in [0.29, 0.717) is 30.2 Å². The summed E-state index contributed by atoms with van der Waals surface area (Å²) in [5.41, 5.74) is 6.13. The number of fused-ring (bicyclic) bond motifs is 2. The summed E-state index contributed by atoms with van der Waals surface area (Å²) in [5.74, 6) is 2.35. The van der Waals surface area contributed by atoms with Gasteiger partial charge in [0.05, 0.1) is 24.5 Å². The Morgan fingerprint density at radius 2 is 1.89 bits per heavy atom. The molecular weight excluding hydrogens is 595 g/mol. The van der Waals surface area contributed by atoms with Crippen LogP contribution in [-0.2, 0) is 9.53 Å². The van der Waals surface area contributed by atoms with Crippen molar-refractivity contribution in [2.75, 3.05) is 45.7 Å². The highest BCUT2D eigenvalue weighted by atomic mass is 32.1. The molecule has 0 bridgehead atoms. The molecule has 3 aromatic heterocycles. The lowest BCUT2D eigenvalue weighted by Crippen LogP contribution is -2.37. The number of ether oxygens (including phenoxy) is 1. The summed E-state index contributed by atoms with van der Waals surface area (Å²) >= 11 is 1.69. The molecule has 1 amide bonds. The Labute approximate surface area is 273 Å². The molecule has 2 aliphatic heterocycles. The number of nitrogens with one attached hydrogen (secondary N) is 2. The van der Waals surface area contributed by atoms with E-state index in [9.17, 15) is 4.79 Å². The van der Waals surface area contributed by atoms with Crippen molar-refractivity contribution < 1.29 is 9.53 Å². The highest BCUT2D eigenvalue weighted by Crippen LogP contribution is 2.44. The highest BCUT2D eigenvalue weighted by Gasteiger charge is 2.41. The van der Waals surface area contributed by atoms with Crippen LogP contribution in [0.1, 0.15) is 25.3 Å². The van der Waals surface area contributed by atoms with Gasteiger partial charge in [0.15, 0.2) is 0 Å². The van der Waals surface area contributed by atoms with E-state index in [-0.39, 0.29) is 11.9 Å². The Morgan fingerprint density at radius 1 is 1.09 bits per heavy atom. The number of carbonyl (C=O) groups is 1. The van der Waals surface area contributed by atoms with Crippen molar-refractivity contribution in [3.05, 3.63) is 90.1 Å². The first-order valence-corrected chi connectivity index (χ1v) is 17.0. The number of benzene rings is 1. The predicted molar refractivity (Wildman–Crippen MR) is 183 cm³/mol. The lowest BCUT2D eigenvalue weighted by molar-refractivity contribution is -0.115. The van der Waals surface area contributed by atoms with E-state index in [2.05, 4.69) is 92.7 Å². The molecule has 1 unspecified atom stereocenters. The van der Waals surface area contributed by atoms with Crippen molar-refractivity contribution in [2.24, 2.45) is 11.8 Å². The molecule has 5 heterocycles. The molecule has 4 aromatic rings. The quantitative estimate of drug-likeness (QED) is 0.223. The van der Waals surface area contributed by atoms with Gasteiger partial charge in [-0.1, -0.05) is 30.8 Å². The second-order valence-electron chi connectivity index (χ2n) is 13.0. The number of rotatable bonds is 9. The summed E-state index contributed by atoms with van der Waals surface area (Å²) in [6.07, 6.45) is 10.5. The number of anilines is 1. The first kappa shape index (κ1) is 29.0. The molecule has 236 valence electrons. The number of likely N-dealkylation sites (tertiary alicyclic amines) is 2. The molecule has 2 N–H and O–H groups in total. The van der Waals surface area contributed by atoms with Gasteiger partial charge in [-0.25, -0.2) is 9.97 Å². The van der Waals surface area contributed by atoms with Crippen LogP contribution in [0.15, 0.2) is 90.1 Å². The van der Waals surface area contributed by atoms with Gasteiger partial charge in [-0.3, -0.25) is 4.79 Å². The van der Waals surface area contributed by atoms with Gasteiger partial charge < -0.3 is 29.7 Å². The van der Waals surface area contributed by atoms with Crippen LogP contribution in [0.2, 0.25) is 0 Å². The summed E-state index contributed by atoms with van der Waals surface area (Å²) < 4.78 is 8.40. The van der Waals surface area contributed by atoms with Gasteiger partial charge in [0.1, 0.15) is 5.76 Å². The van der Waals surface area contributed by atoms with Crippen LogP contribution in [-0.4, -0.2) is 76.6 Å². The average molecular weight is 634 g/mol. The fourth-order valence-corrected chi connectivity index (χ4v) is 8.29. The third kappa shape index (κ3) is 5.29. The van der Waals surface area contributed by atoms with Crippen molar-refractivity contribution in [1.29, 1.82) is 0 Å². The molecule has 2 saturated heterocycles. The number of amides is 1. The Bertz CT molecular complexity index is 1860. The molecule has 1 saturated carbocycles. The van der Waals surface area contributed by atoms with E-state index in [4.69, 9.17) is 14.7 Å². The lowest BCUT2D eigenvalue weighted by atomic mass is 10.00. The summed E-state index contributed by atoms with van der Waals surface area (Å²) in [6.45, 7) is 7.84. The van der Waals surface area contributed by atoms with Gasteiger partial charge in [0, 0.05) is 89.7 Å². The lowest BCUT2D eigenvalue weighted by Gasteiger charge is -2.32. The zero-order valence-electron chi connectivity index (χ0n) is 26.3. The minimum absolute atomic E-state index is 0.217. The van der Waals surface area contributed by atoms with Crippen molar-refractivity contribution in [2.45, 2.75) is 31.3 Å². The van der Waals surface area contributed by atoms with E-state index in [1.165, 1.54) is 29.8 Å². The topological polar surface area (TPSA) is 87.5 Å². The zero-order valence-corrected chi connectivity index (χ0v) is 27.1. The zero-order chi connectivity index (χ0) is 31.4. The summed E-state index contributed by atoms with van der Waals surface area (Å²) in [4.78, 5) is 28.6. The monoisotopic (exact) mass is 633 g/mol. The first-order valence-electron chi connectivity index (χ1n) is 16.1. The minimum atomic E-state index is -0.268. The normalized spacial score (nSPS) is 23.0. The number of nitrogens with zero attached hydrogens (tertiary/aromatic N) is 5. The van der Waals surface area contributed by atoms with Crippen LogP contribution in [0, 0.1) is 11.8 Å². The molecule has 2 aliphatic carbocycles. The molecule has 46 heavy (non-hydrogen) atoms. The second-order valence-corrected chi connectivity index (χ2v) is 13.9. The van der Waals surface area contributed by atoms with Gasteiger partial charge in [-0.2, -0.15) is 0 Å². The van der Waals surface area contributed by atoms with E-state index < -0.39 is 0 Å². The Balaban J connectivity index is 1.15. The molecule has 4 aliphatic rings. The van der Waals surface area contributed by atoms with Gasteiger partial charge in [0.25, 0.3) is 0 Å². The SMILES string of the molecule is C=CC(=O)NC1=C(N2C[C@H]3CN(C)C[C@H]3C2)C=C(OC)C(Nc2ncc(-c3cccs3)c(-c3cn(C4CC4)c4ccccc34)n2)C1. The van der Waals surface area contributed by atoms with Crippen LogP contribution in [0.4, 0.5) is 5.95 Å². The van der Waals surface area contributed by atoms with E-state index in [1.54, 1.807) is 18.4 Å². The van der Waals surface area contributed by atoms with Gasteiger partial charge in [0.2, 0.25) is 11.9 Å². The second kappa shape index (κ2) is 11.7. The average Bonchev–Trinajstić information content (AvgIpc) is 3.36. The van der Waals surface area contributed by atoms with Crippen LogP contribution >= 0.6 is 11.3 Å². The maximum Gasteiger partial charge on any atom is 0.247 e. The number of methoxy groups -OCH3 is 1. The Kier molecular flexibility index (Phi) is 7.41. The number of aromatic nitrogens is 3. The molecule has 0 radical (unpaired) electrons. The number of allylic oxidation sites excluding steroid dienone is 1. The number of thiophene rings is 1. The first-order chi connectivity index (χ1) is 22.5. The number of hydrogen-bond donors (Lipinski definition) is 2. The maximum absolute atomic E-state index is 12.6. The number of carbonyl (C=O) groups excluding carboxylic acids is 1. The summed E-state index contributed by atoms with van der Waals surface area (Å²) in [7, 11) is 3.90. The molecule has 10 heteroatoms. The van der Waals surface area contributed by atoms with E-state index in [0.717, 1.165) is 65.0 Å². The molecule has 1 aromatic carbocycles. The molecule has 0 spiro atoms. The van der Waals surface area contributed by atoms with Crippen LogP contribution in [0.25, 0.3) is 32.6 Å². The molecule has 8 rings (SSSR count). The van der Waals surface area contributed by atoms with Crippen molar-refractivity contribution >= 4 is 34.1 Å². The molecule has 3 atom stereocenters. The standard InChI is InChI=1S/C36H39N7O2S/c1-4-34(44)38-28-14-29(32(45-3)15-31(28)42-19-22-17-41(2)18-23(22)20-42)39-36-37-16-26(33-10-7-13-46-33)35(40-36)27-21-43(24-11-12-24)30-9-6-5-8-25(27)30/h4-10,13,15-16,21-24,29H,1,11-12,14,17-20H2,2-3H3,(H,38,44)(H,37,39,40)/t22-,23+,29?. The van der Waals surface area contributed by atoms with Crippen molar-refractivity contribution in [3.8, 4) is 21.7 Å². The fourth-order valence-electron chi connectivity index (χ4n) is 7.55. The molecule has 3 fully saturated rings. The smallest absolute Gasteiger partial charge is 0.247 e. The van der Waals surface area contributed by atoms with Crippen molar-refractivity contribution in [3.63, 3.8) is 0 Å². The number of hydrogen-bond acceptors (Lipinski definition) is 8. The Morgan fingerprint density at radius 3 is 2.61 bits per heavy atom. The van der Waals surface area contributed by atoms with Gasteiger partial charge in [-0.05, 0) is 55.3 Å². The molecular formula is C36H39N7O2S. The van der Waals surface area contributed by atoms with Crippen LogP contribution in [0.3, 0.4) is 0 Å². The molecule has 9 nitrogen and oxygen atoms in total. The maximum atomic E-state index is 12.6. The third-order valence-corrected chi connectivity index (χ3v) is 10.8. The predicted octanol–water partition coefficient (Wildman–Crippen LogP) is 5.88. The van der Waals surface area contributed by atoms with Crippen LogP contribution in [0.5, 0.6) is 0 Å². The minimum Gasteiger partial charge on any atom is -0.499 e. The summed E-state index contributed by atoms with van der Waals surface area (Å²) in [6, 6.07) is 13.1. The van der Waals surface area contributed by atoms with Gasteiger partial charge in [-0.15, -0.1) is 11.3 Å².